The second-order valence-electron chi connectivity index (χ2n) is 9.04. The number of aryl methyl sites for hydroxylation is 1. The number of para-hydroxylation sites is 1. The van der Waals surface area contributed by atoms with Crippen molar-refractivity contribution >= 4 is 39.9 Å². The van der Waals surface area contributed by atoms with Gasteiger partial charge in [0.15, 0.2) is 0 Å². The monoisotopic (exact) mass is 461 g/mol. The lowest BCUT2D eigenvalue weighted by Crippen LogP contribution is -2.50. The maximum atomic E-state index is 13.8. The normalized spacial score (nSPS) is 12.5. The van der Waals surface area contributed by atoms with Crippen molar-refractivity contribution in [3.63, 3.8) is 0 Å². The summed E-state index contributed by atoms with van der Waals surface area (Å²) in [6.45, 7) is 7.70. The summed E-state index contributed by atoms with van der Waals surface area (Å²) in [6.07, 6.45) is 0. The van der Waals surface area contributed by atoms with Gasteiger partial charge in [-0.25, -0.2) is 4.68 Å². The van der Waals surface area contributed by atoms with E-state index >= 15 is 0 Å². The van der Waals surface area contributed by atoms with Gasteiger partial charge in [0.25, 0.3) is 0 Å². The molecule has 0 unspecified atom stereocenters. The molecular formula is C25H27N5O2S. The maximum absolute atomic E-state index is 13.8. The molecular weight excluding hydrogens is 434 g/mol. The molecule has 170 valence electrons. The first-order valence-electron chi connectivity index (χ1n) is 10.7. The zero-order chi connectivity index (χ0) is 23.6. The van der Waals surface area contributed by atoms with Crippen LogP contribution >= 0.6 is 11.3 Å². The molecule has 1 atom stereocenters. The van der Waals surface area contributed by atoms with Crippen LogP contribution in [0.5, 0.6) is 0 Å². The lowest BCUT2D eigenvalue weighted by atomic mass is 10.0. The molecule has 0 aliphatic rings. The predicted molar refractivity (Wildman–Crippen MR) is 131 cm³/mol. The van der Waals surface area contributed by atoms with Crippen LogP contribution < -0.4 is 10.2 Å². The number of rotatable bonds is 6. The number of nitrogens with zero attached hydrogens (tertiary/aromatic N) is 4. The van der Waals surface area contributed by atoms with E-state index in [1.165, 1.54) is 11.3 Å². The molecule has 2 aromatic carbocycles. The Bertz CT molecular complexity index is 1270. The summed E-state index contributed by atoms with van der Waals surface area (Å²) in [7, 11) is 0. The minimum Gasteiger partial charge on any atom is -0.349 e. The van der Waals surface area contributed by atoms with Crippen molar-refractivity contribution in [3.8, 4) is 0 Å². The van der Waals surface area contributed by atoms with Crippen LogP contribution in [0.4, 0.5) is 5.69 Å². The summed E-state index contributed by atoms with van der Waals surface area (Å²) in [5.74, 6) is -0.490. The van der Waals surface area contributed by atoms with Gasteiger partial charge in [0.2, 0.25) is 11.8 Å². The van der Waals surface area contributed by atoms with E-state index < -0.39 is 11.6 Å². The van der Waals surface area contributed by atoms with Crippen molar-refractivity contribution < 1.29 is 9.59 Å². The fraction of sp³-hybridized carbons (Fsp3) is 0.280. The van der Waals surface area contributed by atoms with Crippen LogP contribution in [0.2, 0.25) is 0 Å². The van der Waals surface area contributed by atoms with Crippen molar-refractivity contribution in [3.05, 3.63) is 76.5 Å². The van der Waals surface area contributed by atoms with Crippen molar-refractivity contribution in [2.75, 3.05) is 4.90 Å². The molecule has 8 heteroatoms. The van der Waals surface area contributed by atoms with E-state index in [0.717, 1.165) is 16.6 Å². The SMILES string of the molecule is Cc1cccc(N(C(=O)Cn2nnc3ccccc32)[C@H](C(=O)NC(C)(C)C)c2ccsc2)c1. The largest absolute Gasteiger partial charge is 0.349 e. The summed E-state index contributed by atoms with van der Waals surface area (Å²) in [4.78, 5) is 29.0. The Morgan fingerprint density at radius 3 is 2.61 bits per heavy atom. The number of fused-ring (bicyclic) bond motifs is 1. The van der Waals surface area contributed by atoms with Gasteiger partial charge in [-0.2, -0.15) is 11.3 Å². The second-order valence-corrected chi connectivity index (χ2v) is 9.82. The summed E-state index contributed by atoms with van der Waals surface area (Å²) >= 11 is 1.49. The molecule has 1 N–H and O–H groups in total. The van der Waals surface area contributed by atoms with Crippen LogP contribution in [0.3, 0.4) is 0 Å². The standard InChI is InChI=1S/C25H27N5O2S/c1-17-8-7-9-19(14-17)30(22(31)15-29-21-11-6-5-10-20(21)27-28-29)23(18-12-13-33-16-18)24(32)26-25(2,3)4/h5-14,16,23H,15H2,1-4H3,(H,26,32)/t23-/m0/s1. The molecule has 33 heavy (non-hydrogen) atoms. The van der Waals surface area contributed by atoms with Crippen molar-refractivity contribution in [2.24, 2.45) is 0 Å². The number of thiophene rings is 1. The molecule has 2 amide bonds. The number of nitrogens with one attached hydrogen (secondary N) is 1. The fourth-order valence-electron chi connectivity index (χ4n) is 3.74. The first-order chi connectivity index (χ1) is 15.7. The highest BCUT2D eigenvalue weighted by atomic mass is 32.1. The van der Waals surface area contributed by atoms with Gasteiger partial charge in [0.05, 0.1) is 5.52 Å². The number of benzene rings is 2. The molecule has 0 spiro atoms. The highest BCUT2D eigenvalue weighted by molar-refractivity contribution is 7.08. The Balaban J connectivity index is 1.79. The molecule has 7 nitrogen and oxygen atoms in total. The van der Waals surface area contributed by atoms with E-state index in [-0.39, 0.29) is 18.4 Å². The van der Waals surface area contributed by atoms with Crippen molar-refractivity contribution in [1.29, 1.82) is 0 Å². The van der Waals surface area contributed by atoms with Crippen molar-refractivity contribution in [1.82, 2.24) is 20.3 Å². The third kappa shape index (κ3) is 5.12. The maximum Gasteiger partial charge on any atom is 0.249 e. The molecule has 0 radical (unpaired) electrons. The molecule has 0 aliphatic heterocycles. The van der Waals surface area contributed by atoms with Gasteiger partial charge in [0.1, 0.15) is 18.1 Å². The fourth-order valence-corrected chi connectivity index (χ4v) is 4.42. The van der Waals surface area contributed by atoms with Gasteiger partial charge in [-0.05, 0) is 79.9 Å². The first kappa shape index (κ1) is 22.7. The summed E-state index contributed by atoms with van der Waals surface area (Å²) < 4.78 is 1.58. The van der Waals surface area contributed by atoms with Gasteiger partial charge in [0, 0.05) is 11.2 Å². The van der Waals surface area contributed by atoms with Gasteiger partial charge >= 0.3 is 0 Å². The van der Waals surface area contributed by atoms with E-state index in [4.69, 9.17) is 0 Å². The van der Waals surface area contributed by atoms with Crippen LogP contribution in [-0.4, -0.2) is 32.3 Å². The van der Waals surface area contributed by atoms with Crippen LogP contribution in [0.25, 0.3) is 11.0 Å². The molecule has 0 fully saturated rings. The average Bonchev–Trinajstić information content (AvgIpc) is 3.41. The number of carbonyl (C=O) groups excluding carboxylic acids is 2. The Morgan fingerprint density at radius 2 is 1.91 bits per heavy atom. The lowest BCUT2D eigenvalue weighted by Gasteiger charge is -2.33. The van der Waals surface area contributed by atoms with E-state index in [2.05, 4.69) is 15.6 Å². The minimum absolute atomic E-state index is 0.0438. The van der Waals surface area contributed by atoms with E-state index in [0.29, 0.717) is 11.2 Å². The lowest BCUT2D eigenvalue weighted by molar-refractivity contribution is -0.128. The zero-order valence-corrected chi connectivity index (χ0v) is 20.0. The molecule has 4 rings (SSSR count). The molecule has 0 saturated heterocycles. The van der Waals surface area contributed by atoms with E-state index in [9.17, 15) is 9.59 Å². The first-order valence-corrected chi connectivity index (χ1v) is 11.7. The quantitative estimate of drug-likeness (QED) is 0.459. The average molecular weight is 462 g/mol. The van der Waals surface area contributed by atoms with Crippen LogP contribution in [-0.2, 0) is 16.1 Å². The highest BCUT2D eigenvalue weighted by Gasteiger charge is 2.35. The molecule has 2 heterocycles. The Hall–Kier alpha value is -3.52. The number of amides is 2. The molecule has 4 aromatic rings. The number of hydrogen-bond donors (Lipinski definition) is 1. The predicted octanol–water partition coefficient (Wildman–Crippen LogP) is 4.49. The number of hydrogen-bond acceptors (Lipinski definition) is 5. The van der Waals surface area contributed by atoms with Gasteiger partial charge in [-0.3, -0.25) is 14.5 Å². The van der Waals surface area contributed by atoms with Crippen molar-refractivity contribution in [2.45, 2.75) is 45.8 Å². The zero-order valence-electron chi connectivity index (χ0n) is 19.1. The third-order valence-corrected chi connectivity index (χ3v) is 5.82. The Labute approximate surface area is 197 Å². The summed E-state index contributed by atoms with van der Waals surface area (Å²) in [5.41, 5.74) is 3.45. The topological polar surface area (TPSA) is 80.1 Å². The van der Waals surface area contributed by atoms with Crippen LogP contribution in [0.1, 0.15) is 37.9 Å². The minimum atomic E-state index is -0.820. The van der Waals surface area contributed by atoms with Gasteiger partial charge < -0.3 is 5.32 Å². The number of carbonyl (C=O) groups is 2. The number of anilines is 1. The smallest absolute Gasteiger partial charge is 0.249 e. The van der Waals surface area contributed by atoms with Gasteiger partial charge in [-0.1, -0.05) is 29.5 Å². The third-order valence-electron chi connectivity index (χ3n) is 5.12. The van der Waals surface area contributed by atoms with E-state index in [1.807, 2.05) is 93.1 Å². The second kappa shape index (κ2) is 9.15. The summed E-state index contributed by atoms with van der Waals surface area (Å²) in [6, 6.07) is 16.2. The molecule has 2 aromatic heterocycles. The van der Waals surface area contributed by atoms with E-state index in [1.54, 1.807) is 9.58 Å². The van der Waals surface area contributed by atoms with Crippen LogP contribution in [0, 0.1) is 6.92 Å². The molecule has 0 bridgehead atoms. The Morgan fingerprint density at radius 1 is 1.12 bits per heavy atom. The van der Waals surface area contributed by atoms with Crippen LogP contribution in [0.15, 0.2) is 65.4 Å². The molecule has 0 aliphatic carbocycles. The van der Waals surface area contributed by atoms with Gasteiger partial charge in [-0.15, -0.1) is 5.10 Å². The highest BCUT2D eigenvalue weighted by Crippen LogP contribution is 2.31. The Kier molecular flexibility index (Phi) is 6.29. The molecule has 0 saturated carbocycles. The number of aromatic nitrogens is 3. The summed E-state index contributed by atoms with van der Waals surface area (Å²) in [5, 5.41) is 15.2.